The van der Waals surface area contributed by atoms with Gasteiger partial charge >= 0.3 is 0 Å². The second kappa shape index (κ2) is 7.21. The lowest BCUT2D eigenvalue weighted by molar-refractivity contribution is 0.00916. The van der Waals surface area contributed by atoms with Crippen LogP contribution in [-0.4, -0.2) is 10.7 Å². The summed E-state index contributed by atoms with van der Waals surface area (Å²) in [5, 5.41) is 10.0. The van der Waals surface area contributed by atoms with Gasteiger partial charge in [-0.1, -0.05) is 32.4 Å². The summed E-state index contributed by atoms with van der Waals surface area (Å²) >= 11 is 0. The maximum Gasteiger partial charge on any atom is 0.126 e. The summed E-state index contributed by atoms with van der Waals surface area (Å²) in [6, 6.07) is 1.89. The summed E-state index contributed by atoms with van der Waals surface area (Å²) < 4.78 is 6.52. The van der Waals surface area contributed by atoms with Crippen LogP contribution in [0.1, 0.15) is 70.6 Å². The van der Waals surface area contributed by atoms with Crippen molar-refractivity contribution in [1.29, 1.82) is 0 Å². The van der Waals surface area contributed by atoms with Gasteiger partial charge < -0.3 is 9.84 Å². The maximum absolute atomic E-state index is 10.0. The van der Waals surface area contributed by atoms with Crippen LogP contribution in [0.25, 0.3) is 0 Å². The lowest BCUT2D eigenvalue weighted by Crippen LogP contribution is -2.42. The molecule has 0 saturated carbocycles. The van der Waals surface area contributed by atoms with E-state index in [9.17, 15) is 5.11 Å². The van der Waals surface area contributed by atoms with E-state index < -0.39 is 0 Å². The average molecular weight is 331 g/mol. The van der Waals surface area contributed by atoms with Gasteiger partial charge in [-0.05, 0) is 88.0 Å². The lowest BCUT2D eigenvalue weighted by atomic mass is 9.79. The zero-order valence-electron chi connectivity index (χ0n) is 16.5. The van der Waals surface area contributed by atoms with Crippen molar-refractivity contribution in [3.05, 3.63) is 34.4 Å². The fraction of sp³-hybridized carbons (Fsp3) is 0.636. The van der Waals surface area contributed by atoms with Crippen LogP contribution in [0.5, 0.6) is 11.5 Å². The van der Waals surface area contributed by atoms with Crippen LogP contribution >= 0.6 is 0 Å². The van der Waals surface area contributed by atoms with E-state index in [-0.39, 0.29) is 5.60 Å². The Bertz CT molecular complexity index is 627. The standard InChI is InChI=1S/C22H34O2/c1-14(2)15(3)9-8-10-16(4)22(7)12-11-19-13-20(23)17(5)18(6)21(19)24-22/h9,13-14,16,23H,8,10-12H2,1-7H3/b15-9+. The molecule has 0 bridgehead atoms. The third kappa shape index (κ3) is 3.79. The van der Waals surface area contributed by atoms with Gasteiger partial charge in [0.2, 0.25) is 0 Å². The van der Waals surface area contributed by atoms with Gasteiger partial charge in [-0.25, -0.2) is 0 Å². The molecular weight excluding hydrogens is 296 g/mol. The molecule has 1 N–H and O–H groups in total. The van der Waals surface area contributed by atoms with Crippen LogP contribution in [-0.2, 0) is 6.42 Å². The second-order valence-corrected chi connectivity index (χ2v) is 8.13. The van der Waals surface area contributed by atoms with Crippen molar-refractivity contribution in [3.8, 4) is 11.5 Å². The minimum absolute atomic E-state index is 0.124. The van der Waals surface area contributed by atoms with Gasteiger partial charge in [0.15, 0.2) is 0 Å². The summed E-state index contributed by atoms with van der Waals surface area (Å²) in [5.74, 6) is 2.52. The minimum atomic E-state index is -0.124. The fourth-order valence-electron chi connectivity index (χ4n) is 3.39. The first-order chi connectivity index (χ1) is 11.2. The summed E-state index contributed by atoms with van der Waals surface area (Å²) in [6.45, 7) is 15.3. The van der Waals surface area contributed by atoms with Gasteiger partial charge in [0.25, 0.3) is 0 Å². The Kier molecular flexibility index (Phi) is 5.67. The van der Waals surface area contributed by atoms with E-state index in [1.54, 1.807) is 0 Å². The van der Waals surface area contributed by atoms with Crippen molar-refractivity contribution < 1.29 is 9.84 Å². The van der Waals surface area contributed by atoms with Crippen LogP contribution in [0.2, 0.25) is 0 Å². The number of hydrogen-bond acceptors (Lipinski definition) is 2. The third-order valence-corrected chi connectivity index (χ3v) is 6.13. The van der Waals surface area contributed by atoms with Crippen LogP contribution in [0.15, 0.2) is 17.7 Å². The molecule has 2 nitrogen and oxygen atoms in total. The molecule has 2 rings (SSSR count). The Morgan fingerprint density at radius 2 is 1.96 bits per heavy atom. The van der Waals surface area contributed by atoms with Crippen molar-refractivity contribution in [2.45, 2.75) is 79.8 Å². The van der Waals surface area contributed by atoms with E-state index in [1.807, 2.05) is 13.0 Å². The Morgan fingerprint density at radius 3 is 2.58 bits per heavy atom. The van der Waals surface area contributed by atoms with Crippen molar-refractivity contribution in [1.82, 2.24) is 0 Å². The van der Waals surface area contributed by atoms with Crippen LogP contribution < -0.4 is 4.74 Å². The molecule has 0 spiro atoms. The van der Waals surface area contributed by atoms with Gasteiger partial charge in [0.1, 0.15) is 17.1 Å². The minimum Gasteiger partial charge on any atom is -0.508 e. The Balaban J connectivity index is 2.12. The predicted molar refractivity (Wildman–Crippen MR) is 102 cm³/mol. The Morgan fingerprint density at radius 1 is 1.29 bits per heavy atom. The molecule has 0 saturated heterocycles. The largest absolute Gasteiger partial charge is 0.508 e. The first-order valence-corrected chi connectivity index (χ1v) is 9.33. The molecule has 0 aliphatic carbocycles. The molecule has 2 heteroatoms. The first kappa shape index (κ1) is 18.9. The number of allylic oxidation sites excluding steroid dienone is 2. The molecular formula is C22H34O2. The number of hydrogen-bond donors (Lipinski definition) is 1. The van der Waals surface area contributed by atoms with Crippen molar-refractivity contribution in [2.24, 2.45) is 11.8 Å². The molecule has 0 amide bonds. The number of rotatable bonds is 5. The smallest absolute Gasteiger partial charge is 0.126 e. The van der Waals surface area contributed by atoms with E-state index in [0.29, 0.717) is 17.6 Å². The third-order valence-electron chi connectivity index (χ3n) is 6.13. The number of fused-ring (bicyclic) bond motifs is 1. The molecule has 0 aromatic heterocycles. The van der Waals surface area contributed by atoms with Crippen molar-refractivity contribution >= 4 is 0 Å². The number of phenols is 1. The molecule has 1 aromatic carbocycles. The van der Waals surface area contributed by atoms with Crippen LogP contribution in [0.3, 0.4) is 0 Å². The van der Waals surface area contributed by atoms with Gasteiger partial charge in [0.05, 0.1) is 0 Å². The summed E-state index contributed by atoms with van der Waals surface area (Å²) in [7, 11) is 0. The normalized spacial score (nSPS) is 22.2. The van der Waals surface area contributed by atoms with Crippen molar-refractivity contribution in [3.63, 3.8) is 0 Å². The fourth-order valence-corrected chi connectivity index (χ4v) is 3.39. The monoisotopic (exact) mass is 330 g/mol. The van der Waals surface area contributed by atoms with Crippen LogP contribution in [0, 0.1) is 25.7 Å². The highest BCUT2D eigenvalue weighted by molar-refractivity contribution is 5.53. The highest BCUT2D eigenvalue weighted by Gasteiger charge is 2.37. The van der Waals surface area contributed by atoms with Gasteiger partial charge in [-0.3, -0.25) is 0 Å². The molecule has 1 aliphatic heterocycles. The SMILES string of the molecule is C/C(=C\CCC(C)C1(C)CCc2cc(O)c(C)c(C)c2O1)C(C)C. The highest BCUT2D eigenvalue weighted by atomic mass is 16.5. The molecule has 2 atom stereocenters. The van der Waals surface area contributed by atoms with E-state index in [2.05, 4.69) is 47.6 Å². The number of aromatic hydroxyl groups is 1. The topological polar surface area (TPSA) is 29.5 Å². The van der Waals surface area contributed by atoms with Gasteiger partial charge in [-0.2, -0.15) is 0 Å². The van der Waals surface area contributed by atoms with Crippen molar-refractivity contribution in [2.75, 3.05) is 0 Å². The van der Waals surface area contributed by atoms with E-state index >= 15 is 0 Å². The van der Waals surface area contributed by atoms with Crippen LogP contribution in [0.4, 0.5) is 0 Å². The zero-order chi connectivity index (χ0) is 18.1. The number of phenolic OH excluding ortho intramolecular Hbond substituents is 1. The predicted octanol–water partition coefficient (Wildman–Crippen LogP) is 6.11. The molecule has 24 heavy (non-hydrogen) atoms. The quantitative estimate of drug-likeness (QED) is 0.660. The summed E-state index contributed by atoms with van der Waals surface area (Å²) in [6.07, 6.45) is 6.63. The Hall–Kier alpha value is -1.44. The molecule has 0 radical (unpaired) electrons. The Labute approximate surface area is 147 Å². The van der Waals surface area contributed by atoms with E-state index in [1.165, 1.54) is 5.57 Å². The second-order valence-electron chi connectivity index (χ2n) is 8.13. The van der Waals surface area contributed by atoms with E-state index in [4.69, 9.17) is 4.74 Å². The average Bonchev–Trinajstić information content (AvgIpc) is 2.53. The lowest BCUT2D eigenvalue weighted by Gasteiger charge is -2.41. The molecule has 134 valence electrons. The maximum atomic E-state index is 10.0. The molecule has 1 aromatic rings. The number of ether oxygens (including phenoxy) is 1. The highest BCUT2D eigenvalue weighted by Crippen LogP contribution is 2.43. The number of benzene rings is 1. The molecule has 1 aliphatic rings. The summed E-state index contributed by atoms with van der Waals surface area (Å²) in [5.41, 5.74) is 4.51. The van der Waals surface area contributed by atoms with Gasteiger partial charge in [0, 0.05) is 0 Å². The van der Waals surface area contributed by atoms with E-state index in [0.717, 1.165) is 48.1 Å². The number of aryl methyl sites for hydroxylation is 1. The molecule has 0 fully saturated rings. The first-order valence-electron chi connectivity index (χ1n) is 9.33. The molecule has 2 unspecified atom stereocenters. The van der Waals surface area contributed by atoms with Gasteiger partial charge in [-0.15, -0.1) is 0 Å². The molecule has 1 heterocycles. The zero-order valence-corrected chi connectivity index (χ0v) is 16.5. The summed E-state index contributed by atoms with van der Waals surface area (Å²) in [4.78, 5) is 0.